The molecule has 11 heteroatoms. The molecule has 1 aliphatic heterocycles. The molecule has 1 amide bonds. The summed E-state index contributed by atoms with van der Waals surface area (Å²) in [7, 11) is 0. The van der Waals surface area contributed by atoms with Crippen molar-refractivity contribution in [3.63, 3.8) is 0 Å². The Bertz CT molecular complexity index is 1480. The van der Waals surface area contributed by atoms with Gasteiger partial charge in [0.2, 0.25) is 0 Å². The van der Waals surface area contributed by atoms with Crippen LogP contribution in [0.4, 0.5) is 15.0 Å². The second kappa shape index (κ2) is 10.2. The molecule has 0 atom stereocenters. The molecule has 0 spiro atoms. The van der Waals surface area contributed by atoms with Crippen LogP contribution in [-0.2, 0) is 4.74 Å². The van der Waals surface area contributed by atoms with E-state index in [-0.39, 0.29) is 6.04 Å². The fourth-order valence-electron chi connectivity index (χ4n) is 5.00. The van der Waals surface area contributed by atoms with Crippen LogP contribution in [0.2, 0.25) is 5.02 Å². The molecule has 38 heavy (non-hydrogen) atoms. The van der Waals surface area contributed by atoms with Crippen LogP contribution < -0.4 is 16.0 Å². The number of carbonyl (C=O) groups is 1. The summed E-state index contributed by atoms with van der Waals surface area (Å²) >= 11 is 6.15. The average molecular weight is 538 g/mol. The summed E-state index contributed by atoms with van der Waals surface area (Å²) in [5.41, 5.74) is 6.71. The third-order valence-electron chi connectivity index (χ3n) is 6.52. The van der Waals surface area contributed by atoms with Crippen molar-refractivity contribution in [3.8, 4) is 17.1 Å². The molecule has 0 radical (unpaired) electrons. The number of aromatic nitrogens is 4. The lowest BCUT2D eigenvalue weighted by Crippen LogP contribution is -2.58. The van der Waals surface area contributed by atoms with Crippen molar-refractivity contribution in [2.24, 2.45) is 5.73 Å². The van der Waals surface area contributed by atoms with Gasteiger partial charge < -0.3 is 15.4 Å². The Morgan fingerprint density at radius 1 is 1.11 bits per heavy atom. The average Bonchev–Trinajstić information content (AvgIpc) is 3.23. The van der Waals surface area contributed by atoms with Crippen LogP contribution in [0.1, 0.15) is 32.5 Å². The summed E-state index contributed by atoms with van der Waals surface area (Å²) in [4.78, 5) is 28.1. The molecule has 1 saturated heterocycles. The normalized spacial score (nSPS) is 15.3. The molecule has 5 rings (SSSR count). The molecule has 4 aromatic rings. The lowest BCUT2D eigenvalue weighted by atomic mass is 9.99. The Labute approximate surface area is 224 Å². The Hall–Kier alpha value is -3.76. The maximum absolute atomic E-state index is 15.0. The number of nitrogens with two attached hydrogens (primary N) is 1. The van der Waals surface area contributed by atoms with Crippen molar-refractivity contribution in [1.29, 1.82) is 0 Å². The van der Waals surface area contributed by atoms with E-state index in [1.165, 1.54) is 6.07 Å². The number of halogens is 2. The zero-order chi connectivity index (χ0) is 27.0. The first-order valence-corrected chi connectivity index (χ1v) is 12.8. The number of carbonyl (C=O) groups excluding carboxylic acids is 1. The highest BCUT2D eigenvalue weighted by Crippen LogP contribution is 2.35. The zero-order valence-corrected chi connectivity index (χ0v) is 22.2. The number of fused-ring (bicyclic) bond motifs is 1. The van der Waals surface area contributed by atoms with Gasteiger partial charge in [-0.3, -0.25) is 9.88 Å². The van der Waals surface area contributed by atoms with Crippen LogP contribution in [-0.4, -0.2) is 50.5 Å². The van der Waals surface area contributed by atoms with Gasteiger partial charge >= 0.3 is 6.09 Å². The summed E-state index contributed by atoms with van der Waals surface area (Å²) in [6.07, 6.45) is 0.177. The minimum Gasteiger partial charge on any atom is -0.428 e. The van der Waals surface area contributed by atoms with Gasteiger partial charge in [-0.25, -0.2) is 24.1 Å². The lowest BCUT2D eigenvalue weighted by molar-refractivity contribution is -0.0354. The first-order valence-electron chi connectivity index (χ1n) is 12.4. The summed E-state index contributed by atoms with van der Waals surface area (Å²) < 4.78 is 22.4. The van der Waals surface area contributed by atoms with Crippen molar-refractivity contribution in [1.82, 2.24) is 24.8 Å². The molecule has 198 valence electrons. The first kappa shape index (κ1) is 25.9. The first-order chi connectivity index (χ1) is 18.2. The predicted molar refractivity (Wildman–Crippen MR) is 145 cm³/mol. The molecule has 1 aliphatic rings. The number of aryl methyl sites for hydroxylation is 1. The maximum Gasteiger partial charge on any atom is 0.406 e. The fraction of sp³-hybridized carbons (Fsp3) is 0.333. The van der Waals surface area contributed by atoms with E-state index in [2.05, 4.69) is 10.2 Å². The van der Waals surface area contributed by atoms with E-state index >= 15 is 4.39 Å². The van der Waals surface area contributed by atoms with Crippen molar-refractivity contribution < 1.29 is 13.9 Å². The molecule has 0 aliphatic carbocycles. The number of hydrogen-bond acceptors (Lipinski definition) is 7. The van der Waals surface area contributed by atoms with Crippen LogP contribution in [0.15, 0.2) is 48.5 Å². The maximum atomic E-state index is 15.0. The van der Waals surface area contributed by atoms with E-state index in [9.17, 15) is 4.79 Å². The van der Waals surface area contributed by atoms with Crippen molar-refractivity contribution in [2.75, 3.05) is 18.0 Å². The highest BCUT2D eigenvalue weighted by atomic mass is 35.5. The second-order valence-electron chi connectivity index (χ2n) is 9.70. The number of nitrogens with zero attached hydrogens (tertiary/aromatic N) is 5. The zero-order valence-electron chi connectivity index (χ0n) is 21.4. The summed E-state index contributed by atoms with van der Waals surface area (Å²) in [6, 6.07) is 13.8. The lowest BCUT2D eigenvalue weighted by Gasteiger charge is -2.42. The molecular weight excluding hydrogens is 509 g/mol. The number of benzene rings is 2. The highest BCUT2D eigenvalue weighted by molar-refractivity contribution is 6.30. The molecule has 3 heterocycles. The van der Waals surface area contributed by atoms with Crippen LogP contribution in [0.5, 0.6) is 0 Å². The largest absolute Gasteiger partial charge is 0.428 e. The van der Waals surface area contributed by atoms with Crippen LogP contribution in [0.25, 0.3) is 28.2 Å². The van der Waals surface area contributed by atoms with Gasteiger partial charge in [-0.05, 0) is 57.2 Å². The summed E-state index contributed by atoms with van der Waals surface area (Å²) in [6.45, 7) is 6.85. The number of primary amides is 1. The number of piperidine rings is 1. The monoisotopic (exact) mass is 537 g/mol. The summed E-state index contributed by atoms with van der Waals surface area (Å²) in [5.74, 6) is 1.20. The van der Waals surface area contributed by atoms with E-state index in [0.717, 1.165) is 5.69 Å². The van der Waals surface area contributed by atoms with E-state index in [4.69, 9.17) is 37.0 Å². The predicted octanol–water partition coefficient (Wildman–Crippen LogP) is 4.97. The van der Waals surface area contributed by atoms with E-state index in [1.807, 2.05) is 37.5 Å². The Kier molecular flexibility index (Phi) is 6.93. The van der Waals surface area contributed by atoms with E-state index in [1.54, 1.807) is 30.3 Å². The van der Waals surface area contributed by atoms with Crippen molar-refractivity contribution >= 4 is 34.7 Å². The number of amides is 1. The SMILES string of the molecule is Cc1nc(N2CCC(NC(C)C)(OC(N)=O)CC2)c2nc(-c3ccccc3F)n(-c3ccc(Cl)cc3)c2n1. The molecular formula is C27H29ClFN7O2. The van der Waals surface area contributed by atoms with E-state index < -0.39 is 17.6 Å². The molecule has 9 nitrogen and oxygen atoms in total. The third kappa shape index (κ3) is 5.01. The molecule has 0 bridgehead atoms. The minimum absolute atomic E-state index is 0.0901. The number of anilines is 1. The quantitative estimate of drug-likeness (QED) is 0.334. The van der Waals surface area contributed by atoms with Gasteiger partial charge in [0, 0.05) is 42.7 Å². The Morgan fingerprint density at radius 2 is 1.79 bits per heavy atom. The molecule has 0 unspecified atom stereocenters. The summed E-state index contributed by atoms with van der Waals surface area (Å²) in [5, 5.41) is 3.94. The standard InChI is InChI=1S/C27H29ClFN7O2/c1-16(2)34-27(38-26(30)37)12-14-35(15-13-27)24-22-25(32-17(3)31-24)36(19-10-8-18(28)9-11-19)23(33-22)20-6-4-5-7-21(20)29/h4-11,16,34H,12-15H2,1-3H3,(H2,30,37). The number of nitrogens with one attached hydrogen (secondary N) is 1. The van der Waals surface area contributed by atoms with Gasteiger partial charge in [0.15, 0.2) is 22.7 Å². The van der Waals surface area contributed by atoms with Gasteiger partial charge in [-0.15, -0.1) is 0 Å². The molecule has 2 aromatic heterocycles. The van der Waals surface area contributed by atoms with E-state index in [0.29, 0.717) is 65.1 Å². The molecule has 2 aromatic carbocycles. The Morgan fingerprint density at radius 3 is 2.42 bits per heavy atom. The van der Waals surface area contributed by atoms with Crippen LogP contribution in [0.3, 0.4) is 0 Å². The third-order valence-corrected chi connectivity index (χ3v) is 6.77. The second-order valence-corrected chi connectivity index (χ2v) is 10.1. The van der Waals surface area contributed by atoms with Gasteiger partial charge in [0.1, 0.15) is 17.5 Å². The number of hydrogen-bond donors (Lipinski definition) is 2. The van der Waals surface area contributed by atoms with Gasteiger partial charge in [0.05, 0.1) is 5.56 Å². The van der Waals surface area contributed by atoms with Gasteiger partial charge in [-0.2, -0.15) is 0 Å². The highest BCUT2D eigenvalue weighted by Gasteiger charge is 2.39. The number of rotatable bonds is 6. The fourth-order valence-corrected chi connectivity index (χ4v) is 5.13. The van der Waals surface area contributed by atoms with Crippen LogP contribution >= 0.6 is 11.6 Å². The minimum atomic E-state index is -0.862. The van der Waals surface area contributed by atoms with Crippen LogP contribution in [0, 0.1) is 12.7 Å². The molecule has 3 N–H and O–H groups in total. The van der Waals surface area contributed by atoms with Crippen molar-refractivity contribution in [3.05, 3.63) is 65.2 Å². The topological polar surface area (TPSA) is 111 Å². The molecule has 0 saturated carbocycles. The van der Waals surface area contributed by atoms with Gasteiger partial charge in [0.25, 0.3) is 0 Å². The molecule has 1 fully saturated rings. The van der Waals surface area contributed by atoms with Crippen molar-refractivity contribution in [2.45, 2.75) is 45.4 Å². The number of imidazole rings is 1. The van der Waals surface area contributed by atoms with Gasteiger partial charge in [-0.1, -0.05) is 23.7 Å². The Balaban J connectivity index is 1.63. The smallest absolute Gasteiger partial charge is 0.406 e. The number of ether oxygens (including phenoxy) is 1.